The summed E-state index contributed by atoms with van der Waals surface area (Å²) in [4.78, 5) is 3.35. The number of anilines is 2. The van der Waals surface area contributed by atoms with Crippen molar-refractivity contribution in [3.05, 3.63) is 59.4 Å². The number of fused-ring (bicyclic) bond motifs is 1. The van der Waals surface area contributed by atoms with Gasteiger partial charge in [0, 0.05) is 11.4 Å². The Labute approximate surface area is 111 Å². The minimum atomic E-state index is -0.804. The molecule has 0 saturated carbocycles. The standard InChI is InChI=1S/C14H11BN2O2/c1-16-11-2-4-12(5-3-11)17-13-6-7-14-10(8-13)9-19-15(14)18/h2-8,17-18H,9H2. The summed E-state index contributed by atoms with van der Waals surface area (Å²) in [7, 11) is -0.804. The van der Waals surface area contributed by atoms with Crippen molar-refractivity contribution in [1.29, 1.82) is 0 Å². The van der Waals surface area contributed by atoms with E-state index < -0.39 is 7.12 Å². The van der Waals surface area contributed by atoms with E-state index in [1.807, 2.05) is 30.3 Å². The molecule has 1 heterocycles. The Hall–Kier alpha value is -2.29. The van der Waals surface area contributed by atoms with E-state index in [1.165, 1.54) is 0 Å². The maximum absolute atomic E-state index is 9.55. The number of hydrogen-bond donors (Lipinski definition) is 2. The molecule has 92 valence electrons. The molecule has 0 unspecified atom stereocenters. The summed E-state index contributed by atoms with van der Waals surface area (Å²) >= 11 is 0. The average molecular weight is 250 g/mol. The lowest BCUT2D eigenvalue weighted by Crippen LogP contribution is -2.27. The zero-order valence-electron chi connectivity index (χ0n) is 10.1. The molecule has 0 saturated heterocycles. The number of rotatable bonds is 2. The quantitative estimate of drug-likeness (QED) is 0.634. The molecule has 4 nitrogen and oxygen atoms in total. The van der Waals surface area contributed by atoms with Crippen LogP contribution >= 0.6 is 0 Å². The smallest absolute Gasteiger partial charge is 0.423 e. The molecule has 0 spiro atoms. The summed E-state index contributed by atoms with van der Waals surface area (Å²) in [5.41, 5.74) is 4.30. The molecule has 2 N–H and O–H groups in total. The highest BCUT2D eigenvalue weighted by Crippen LogP contribution is 2.22. The second-order valence-corrected chi connectivity index (χ2v) is 4.36. The predicted molar refractivity (Wildman–Crippen MR) is 74.8 cm³/mol. The molecular weight excluding hydrogens is 239 g/mol. The van der Waals surface area contributed by atoms with Crippen molar-refractivity contribution in [3.63, 3.8) is 0 Å². The van der Waals surface area contributed by atoms with Crippen LogP contribution in [0, 0.1) is 6.57 Å². The first kappa shape index (κ1) is 11.8. The monoisotopic (exact) mass is 250 g/mol. The highest BCUT2D eigenvalue weighted by molar-refractivity contribution is 6.61. The van der Waals surface area contributed by atoms with Crippen molar-refractivity contribution < 1.29 is 9.68 Å². The van der Waals surface area contributed by atoms with Crippen LogP contribution in [0.25, 0.3) is 4.85 Å². The van der Waals surface area contributed by atoms with E-state index in [-0.39, 0.29) is 0 Å². The van der Waals surface area contributed by atoms with Gasteiger partial charge in [0.15, 0.2) is 5.69 Å². The van der Waals surface area contributed by atoms with Gasteiger partial charge >= 0.3 is 7.12 Å². The first-order valence-electron chi connectivity index (χ1n) is 5.93. The lowest BCUT2D eigenvalue weighted by molar-refractivity contribution is 0.275. The van der Waals surface area contributed by atoms with Gasteiger partial charge in [-0.25, -0.2) is 4.85 Å². The SMILES string of the molecule is [C-]#[N+]c1ccc(Nc2ccc3c(c2)COB3O)cc1. The molecule has 1 aliphatic heterocycles. The fraction of sp³-hybridized carbons (Fsp3) is 0.0714. The Bertz CT molecular complexity index is 649. The molecule has 0 fully saturated rings. The summed E-state index contributed by atoms with van der Waals surface area (Å²) < 4.78 is 5.15. The van der Waals surface area contributed by atoms with Crippen LogP contribution in [-0.4, -0.2) is 12.1 Å². The molecule has 0 aliphatic carbocycles. The van der Waals surface area contributed by atoms with E-state index in [1.54, 1.807) is 12.1 Å². The summed E-state index contributed by atoms with van der Waals surface area (Å²) in [6.45, 7) is 7.34. The van der Waals surface area contributed by atoms with Crippen molar-refractivity contribution in [2.75, 3.05) is 5.32 Å². The second-order valence-electron chi connectivity index (χ2n) is 4.36. The molecule has 19 heavy (non-hydrogen) atoms. The van der Waals surface area contributed by atoms with Crippen LogP contribution in [0.15, 0.2) is 42.5 Å². The molecule has 0 aromatic heterocycles. The van der Waals surface area contributed by atoms with Crippen LogP contribution in [0.1, 0.15) is 5.56 Å². The summed E-state index contributed by atoms with van der Waals surface area (Å²) in [5.74, 6) is 0. The van der Waals surface area contributed by atoms with E-state index in [9.17, 15) is 5.02 Å². The van der Waals surface area contributed by atoms with Crippen molar-refractivity contribution in [1.82, 2.24) is 0 Å². The molecular formula is C14H11BN2O2. The van der Waals surface area contributed by atoms with E-state index in [0.717, 1.165) is 22.4 Å². The molecule has 2 aromatic carbocycles. The third kappa shape index (κ3) is 2.32. The number of benzene rings is 2. The molecule has 3 rings (SSSR count). The third-order valence-corrected chi connectivity index (χ3v) is 3.09. The molecule has 0 amide bonds. The van der Waals surface area contributed by atoms with Crippen LogP contribution in [0.3, 0.4) is 0 Å². The summed E-state index contributed by atoms with van der Waals surface area (Å²) in [6.07, 6.45) is 0. The van der Waals surface area contributed by atoms with Crippen LogP contribution in [0.4, 0.5) is 17.1 Å². The largest absolute Gasteiger partial charge is 0.491 e. The summed E-state index contributed by atoms with van der Waals surface area (Å²) in [5, 5.41) is 12.8. The number of hydrogen-bond acceptors (Lipinski definition) is 3. The molecule has 1 aliphatic rings. The first-order valence-corrected chi connectivity index (χ1v) is 5.93. The van der Waals surface area contributed by atoms with Gasteiger partial charge in [0.25, 0.3) is 0 Å². The Morgan fingerprint density at radius 2 is 1.89 bits per heavy atom. The van der Waals surface area contributed by atoms with E-state index in [2.05, 4.69) is 10.2 Å². The molecule has 0 radical (unpaired) electrons. The Balaban J connectivity index is 1.82. The van der Waals surface area contributed by atoms with Crippen LogP contribution in [-0.2, 0) is 11.3 Å². The van der Waals surface area contributed by atoms with Gasteiger partial charge in [0.05, 0.1) is 13.2 Å². The number of nitrogens with zero attached hydrogens (tertiary/aromatic N) is 1. The van der Waals surface area contributed by atoms with Gasteiger partial charge in [-0.2, -0.15) is 0 Å². The van der Waals surface area contributed by atoms with Gasteiger partial charge in [-0.15, -0.1) is 0 Å². The third-order valence-electron chi connectivity index (χ3n) is 3.09. The maximum Gasteiger partial charge on any atom is 0.491 e. The van der Waals surface area contributed by atoms with Crippen LogP contribution in [0.5, 0.6) is 0 Å². The van der Waals surface area contributed by atoms with E-state index in [0.29, 0.717) is 12.3 Å². The van der Waals surface area contributed by atoms with Crippen molar-refractivity contribution >= 4 is 29.6 Å². The lowest BCUT2D eigenvalue weighted by Gasteiger charge is -2.08. The van der Waals surface area contributed by atoms with Gasteiger partial charge in [0.2, 0.25) is 0 Å². The van der Waals surface area contributed by atoms with Gasteiger partial charge in [-0.1, -0.05) is 18.2 Å². The van der Waals surface area contributed by atoms with E-state index in [4.69, 9.17) is 11.2 Å². The van der Waals surface area contributed by atoms with Crippen molar-refractivity contribution in [2.24, 2.45) is 0 Å². The number of nitrogens with one attached hydrogen (secondary N) is 1. The van der Waals surface area contributed by atoms with Crippen molar-refractivity contribution in [3.8, 4) is 0 Å². The zero-order chi connectivity index (χ0) is 13.2. The fourth-order valence-electron chi connectivity index (χ4n) is 2.09. The Morgan fingerprint density at radius 3 is 2.63 bits per heavy atom. The van der Waals surface area contributed by atoms with Gasteiger partial charge in [-0.3, -0.25) is 0 Å². The second kappa shape index (κ2) is 4.77. The maximum atomic E-state index is 9.55. The van der Waals surface area contributed by atoms with Crippen molar-refractivity contribution in [2.45, 2.75) is 6.61 Å². The average Bonchev–Trinajstić information content (AvgIpc) is 2.81. The predicted octanol–water partition coefficient (Wildman–Crippen LogP) is 2.20. The highest BCUT2D eigenvalue weighted by Gasteiger charge is 2.26. The Morgan fingerprint density at radius 1 is 1.16 bits per heavy atom. The minimum absolute atomic E-state index is 0.433. The topological polar surface area (TPSA) is 45.9 Å². The van der Waals surface area contributed by atoms with Gasteiger partial charge in [0.1, 0.15) is 0 Å². The minimum Gasteiger partial charge on any atom is -0.423 e. The normalized spacial score (nSPS) is 12.9. The molecule has 0 atom stereocenters. The lowest BCUT2D eigenvalue weighted by atomic mass is 9.79. The van der Waals surface area contributed by atoms with Gasteiger partial charge in [-0.05, 0) is 35.3 Å². The van der Waals surface area contributed by atoms with Crippen LogP contribution < -0.4 is 10.8 Å². The fourth-order valence-corrected chi connectivity index (χ4v) is 2.09. The zero-order valence-corrected chi connectivity index (χ0v) is 10.1. The highest BCUT2D eigenvalue weighted by atomic mass is 16.5. The van der Waals surface area contributed by atoms with E-state index >= 15 is 0 Å². The summed E-state index contributed by atoms with van der Waals surface area (Å²) in [6, 6.07) is 13.0. The molecule has 2 aromatic rings. The first-order chi connectivity index (χ1) is 9.26. The van der Waals surface area contributed by atoms with Crippen LogP contribution in [0.2, 0.25) is 0 Å². The molecule has 0 bridgehead atoms. The Kier molecular flexibility index (Phi) is 2.96. The van der Waals surface area contributed by atoms with Gasteiger partial charge < -0.3 is 15.0 Å². The molecule has 5 heteroatoms.